The summed E-state index contributed by atoms with van der Waals surface area (Å²) < 4.78 is 5.67. The van der Waals surface area contributed by atoms with Gasteiger partial charge in [0.2, 0.25) is 12.1 Å². The molecule has 0 fully saturated rings. The number of hydrogen-bond acceptors (Lipinski definition) is 5. The van der Waals surface area contributed by atoms with Gasteiger partial charge in [-0.3, -0.25) is 14.6 Å². The van der Waals surface area contributed by atoms with Gasteiger partial charge in [-0.15, -0.1) is 12.4 Å². The van der Waals surface area contributed by atoms with Crippen LogP contribution in [0.15, 0.2) is 35.3 Å². The van der Waals surface area contributed by atoms with Crippen molar-refractivity contribution in [3.05, 3.63) is 35.9 Å². The van der Waals surface area contributed by atoms with Gasteiger partial charge in [-0.25, -0.2) is 0 Å². The van der Waals surface area contributed by atoms with Crippen LogP contribution in [-0.4, -0.2) is 48.8 Å². The molecule has 0 saturated carbocycles. The second-order valence-electron chi connectivity index (χ2n) is 6.94. The number of nitrogens with two attached hydrogens (primary N) is 2. The Morgan fingerprint density at radius 1 is 1.03 bits per heavy atom. The van der Waals surface area contributed by atoms with E-state index in [0.29, 0.717) is 38.8 Å². The fourth-order valence-electron chi connectivity index (χ4n) is 2.66. The van der Waals surface area contributed by atoms with E-state index in [1.165, 1.54) is 0 Å². The number of guanidine groups is 1. The smallest absolute Gasteiger partial charge is 0.270 e. The van der Waals surface area contributed by atoms with Gasteiger partial charge in [0.15, 0.2) is 5.96 Å². The number of aliphatic hydroxyl groups is 1. The molecule has 0 bridgehead atoms. The molecule has 9 nitrogen and oxygen atoms in total. The first-order valence-corrected chi connectivity index (χ1v) is 10.4. The number of hydrogen-bond donors (Lipinski definition) is 5. The van der Waals surface area contributed by atoms with Gasteiger partial charge in [-0.1, -0.05) is 43.2 Å². The first-order chi connectivity index (χ1) is 14.5. The highest BCUT2D eigenvalue weighted by Gasteiger charge is 2.21. The van der Waals surface area contributed by atoms with Crippen LogP contribution in [0.5, 0.6) is 0 Å². The summed E-state index contributed by atoms with van der Waals surface area (Å²) in [5.74, 6) is -0.539. The van der Waals surface area contributed by atoms with Crippen molar-refractivity contribution in [2.45, 2.75) is 57.8 Å². The highest BCUT2D eigenvalue weighted by molar-refractivity contribution is 5.86. The Morgan fingerprint density at radius 3 is 2.42 bits per heavy atom. The molecule has 0 spiro atoms. The van der Waals surface area contributed by atoms with E-state index < -0.39 is 12.1 Å². The fraction of sp³-hybridized carbons (Fsp3) is 0.571. The Hall–Kier alpha value is -2.36. The van der Waals surface area contributed by atoms with Crippen molar-refractivity contribution >= 4 is 30.2 Å². The molecule has 0 aliphatic heterocycles. The summed E-state index contributed by atoms with van der Waals surface area (Å²) in [4.78, 5) is 28.6. The van der Waals surface area contributed by atoms with Crippen LogP contribution >= 0.6 is 12.4 Å². The lowest BCUT2D eigenvalue weighted by atomic mass is 10.1. The Morgan fingerprint density at radius 2 is 1.74 bits per heavy atom. The van der Waals surface area contributed by atoms with Crippen LogP contribution in [0.2, 0.25) is 0 Å². The van der Waals surface area contributed by atoms with Crippen molar-refractivity contribution < 1.29 is 19.4 Å². The average molecular weight is 458 g/mol. The van der Waals surface area contributed by atoms with Crippen LogP contribution in [0.1, 0.15) is 50.5 Å². The molecular formula is C21H36ClN5O4. The number of aliphatic hydroxyl groups excluding tert-OH is 1. The molecule has 0 saturated heterocycles. The number of ether oxygens (including phenoxy) is 1. The zero-order valence-electron chi connectivity index (χ0n) is 17.9. The van der Waals surface area contributed by atoms with Crippen molar-refractivity contribution in [1.82, 2.24) is 10.6 Å². The number of halogens is 1. The van der Waals surface area contributed by atoms with E-state index in [4.69, 9.17) is 21.3 Å². The molecule has 0 aliphatic carbocycles. The lowest BCUT2D eigenvalue weighted by molar-refractivity contribution is -0.142. The lowest BCUT2D eigenvalue weighted by Crippen LogP contribution is -2.48. The van der Waals surface area contributed by atoms with Crippen LogP contribution in [0.3, 0.4) is 0 Å². The second-order valence-corrected chi connectivity index (χ2v) is 6.94. The maximum absolute atomic E-state index is 12.4. The molecule has 7 N–H and O–H groups in total. The largest absolute Gasteiger partial charge is 0.396 e. The predicted octanol–water partition coefficient (Wildman–Crippen LogP) is 1.18. The highest BCUT2D eigenvalue weighted by atomic mass is 35.5. The predicted molar refractivity (Wildman–Crippen MR) is 124 cm³/mol. The Bertz CT molecular complexity index is 642. The summed E-state index contributed by atoms with van der Waals surface area (Å²) in [7, 11) is 0. The molecule has 2 amide bonds. The van der Waals surface area contributed by atoms with Crippen molar-refractivity contribution in [2.75, 3.05) is 19.7 Å². The van der Waals surface area contributed by atoms with E-state index in [2.05, 4.69) is 15.6 Å². The average Bonchev–Trinajstić information content (AvgIpc) is 2.73. The van der Waals surface area contributed by atoms with Gasteiger partial charge in [0.05, 0.1) is 6.61 Å². The molecule has 1 aromatic carbocycles. The highest BCUT2D eigenvalue weighted by Crippen LogP contribution is 2.06. The van der Waals surface area contributed by atoms with Crippen LogP contribution in [-0.2, 0) is 20.9 Å². The SMILES string of the molecule is Cl.NC(N)=NCCCCCCC(=O)NC(OCc1ccccc1)C(=O)NCCCCO. The topological polar surface area (TPSA) is 152 Å². The van der Waals surface area contributed by atoms with Gasteiger partial charge in [0, 0.05) is 26.1 Å². The molecular weight excluding hydrogens is 422 g/mol. The van der Waals surface area contributed by atoms with E-state index in [9.17, 15) is 9.59 Å². The molecule has 31 heavy (non-hydrogen) atoms. The van der Waals surface area contributed by atoms with Crippen molar-refractivity contribution in [1.29, 1.82) is 0 Å². The first-order valence-electron chi connectivity index (χ1n) is 10.4. The number of aliphatic imine (C=N–C) groups is 1. The van der Waals surface area contributed by atoms with Gasteiger partial charge in [0.1, 0.15) is 0 Å². The standard InChI is InChI=1S/C21H35N5O4.ClH/c22-21(23)25-14-7-2-1-6-12-18(28)26-20(19(29)24-13-8-9-15-27)30-16-17-10-4-3-5-11-17;/h3-5,10-11,20,27H,1-2,6-9,12-16H2,(H,24,29)(H,26,28)(H4,22,23,25);1H. The summed E-state index contributed by atoms with van der Waals surface area (Å²) >= 11 is 0. The molecule has 1 atom stereocenters. The molecule has 1 aromatic rings. The van der Waals surface area contributed by atoms with Crippen molar-refractivity contribution in [2.24, 2.45) is 16.5 Å². The monoisotopic (exact) mass is 457 g/mol. The lowest BCUT2D eigenvalue weighted by Gasteiger charge is -2.19. The molecule has 0 aromatic heterocycles. The third kappa shape index (κ3) is 15.1. The van der Waals surface area contributed by atoms with Gasteiger partial charge >= 0.3 is 0 Å². The Balaban J connectivity index is 0.00000900. The number of carbonyl (C=O) groups excluding carboxylic acids is 2. The number of nitrogens with zero attached hydrogens (tertiary/aromatic N) is 1. The fourth-order valence-corrected chi connectivity index (χ4v) is 2.66. The maximum atomic E-state index is 12.4. The number of nitrogens with one attached hydrogen (secondary N) is 2. The quantitative estimate of drug-likeness (QED) is 0.109. The minimum Gasteiger partial charge on any atom is -0.396 e. The van der Waals surface area contributed by atoms with E-state index in [1.807, 2.05) is 30.3 Å². The molecule has 176 valence electrons. The number of rotatable bonds is 16. The van der Waals surface area contributed by atoms with Crippen molar-refractivity contribution in [3.8, 4) is 0 Å². The van der Waals surface area contributed by atoms with Gasteiger partial charge in [-0.2, -0.15) is 0 Å². The molecule has 1 unspecified atom stereocenters. The zero-order valence-corrected chi connectivity index (χ0v) is 18.7. The summed E-state index contributed by atoms with van der Waals surface area (Å²) in [6.45, 7) is 1.28. The van der Waals surface area contributed by atoms with Crippen LogP contribution < -0.4 is 22.1 Å². The minimum absolute atomic E-state index is 0. The molecule has 0 heterocycles. The summed E-state index contributed by atoms with van der Waals surface area (Å²) in [6, 6.07) is 9.44. The molecule has 0 aliphatic rings. The van der Waals surface area contributed by atoms with E-state index >= 15 is 0 Å². The van der Waals surface area contributed by atoms with Gasteiger partial charge in [0.25, 0.3) is 5.91 Å². The Kier molecular flexibility index (Phi) is 17.0. The van der Waals surface area contributed by atoms with Gasteiger partial charge in [-0.05, 0) is 31.2 Å². The summed E-state index contributed by atoms with van der Waals surface area (Å²) in [5.41, 5.74) is 11.4. The molecule has 1 rings (SSSR count). The second kappa shape index (κ2) is 18.4. The summed E-state index contributed by atoms with van der Waals surface area (Å²) in [5, 5.41) is 14.2. The zero-order chi connectivity index (χ0) is 22.0. The molecule has 0 radical (unpaired) electrons. The van der Waals surface area contributed by atoms with Crippen molar-refractivity contribution in [3.63, 3.8) is 0 Å². The maximum Gasteiger partial charge on any atom is 0.270 e. The third-order valence-electron chi connectivity index (χ3n) is 4.28. The minimum atomic E-state index is -1.06. The normalized spacial score (nSPS) is 11.1. The van der Waals surface area contributed by atoms with E-state index in [-0.39, 0.29) is 37.5 Å². The van der Waals surface area contributed by atoms with Gasteiger partial charge < -0.3 is 31.9 Å². The number of amides is 2. The number of carbonyl (C=O) groups is 2. The summed E-state index contributed by atoms with van der Waals surface area (Å²) in [6.07, 6.45) is 3.86. The number of unbranched alkanes of at least 4 members (excludes halogenated alkanes) is 4. The Labute approximate surface area is 190 Å². The van der Waals surface area contributed by atoms with Crippen LogP contribution in [0, 0.1) is 0 Å². The van der Waals surface area contributed by atoms with E-state index in [0.717, 1.165) is 24.8 Å². The third-order valence-corrected chi connectivity index (χ3v) is 4.28. The van der Waals surface area contributed by atoms with Crippen LogP contribution in [0.25, 0.3) is 0 Å². The van der Waals surface area contributed by atoms with E-state index in [1.54, 1.807) is 0 Å². The van der Waals surface area contributed by atoms with Crippen LogP contribution in [0.4, 0.5) is 0 Å². The first kappa shape index (κ1) is 28.6. The number of benzene rings is 1. The molecule has 10 heteroatoms.